The molecular formula is C15H22N2OS. The Morgan fingerprint density at radius 2 is 2.16 bits per heavy atom. The largest absolute Gasteiger partial charge is 0.468 e. The fraction of sp³-hybridized carbons (Fsp3) is 0.467. The summed E-state index contributed by atoms with van der Waals surface area (Å²) in [5, 5.41) is 7.83. The molecule has 0 spiro atoms. The van der Waals surface area contributed by atoms with Crippen molar-refractivity contribution in [2.75, 3.05) is 19.6 Å². The zero-order valence-electron chi connectivity index (χ0n) is 11.6. The first-order valence-electron chi connectivity index (χ1n) is 6.84. The van der Waals surface area contributed by atoms with Crippen LogP contribution in [0.15, 0.2) is 39.6 Å². The van der Waals surface area contributed by atoms with Crippen molar-refractivity contribution in [1.82, 2.24) is 10.2 Å². The second-order valence-corrected chi connectivity index (χ2v) is 5.29. The first-order chi connectivity index (χ1) is 9.35. The molecule has 1 N–H and O–H groups in total. The smallest absolute Gasteiger partial charge is 0.122 e. The monoisotopic (exact) mass is 278 g/mol. The highest BCUT2D eigenvalue weighted by Gasteiger charge is 2.19. The highest BCUT2D eigenvalue weighted by atomic mass is 32.1. The predicted molar refractivity (Wildman–Crippen MR) is 80.4 cm³/mol. The van der Waals surface area contributed by atoms with Crippen LogP contribution >= 0.6 is 11.3 Å². The van der Waals surface area contributed by atoms with Gasteiger partial charge in [-0.3, -0.25) is 4.90 Å². The van der Waals surface area contributed by atoms with Gasteiger partial charge >= 0.3 is 0 Å². The molecule has 0 aromatic carbocycles. The molecule has 2 rings (SSSR count). The number of thiophene rings is 1. The van der Waals surface area contributed by atoms with Gasteiger partial charge in [0, 0.05) is 13.1 Å². The molecule has 3 nitrogen and oxygen atoms in total. The fourth-order valence-corrected chi connectivity index (χ4v) is 2.97. The van der Waals surface area contributed by atoms with E-state index in [9.17, 15) is 0 Å². The van der Waals surface area contributed by atoms with E-state index in [4.69, 9.17) is 4.42 Å². The molecule has 1 unspecified atom stereocenters. The molecule has 2 aromatic heterocycles. The molecule has 104 valence electrons. The minimum Gasteiger partial charge on any atom is -0.468 e. The van der Waals surface area contributed by atoms with Crippen LogP contribution in [0.2, 0.25) is 0 Å². The number of rotatable bonds is 8. The lowest BCUT2D eigenvalue weighted by Gasteiger charge is -2.28. The molecule has 0 aliphatic heterocycles. The molecule has 2 heterocycles. The van der Waals surface area contributed by atoms with Crippen molar-refractivity contribution in [1.29, 1.82) is 0 Å². The summed E-state index contributed by atoms with van der Waals surface area (Å²) in [7, 11) is 0. The molecule has 2 aromatic rings. The Balaban J connectivity index is 1.94. The van der Waals surface area contributed by atoms with Crippen molar-refractivity contribution in [2.24, 2.45) is 0 Å². The molecule has 1 atom stereocenters. The van der Waals surface area contributed by atoms with Gasteiger partial charge in [0.1, 0.15) is 5.76 Å². The van der Waals surface area contributed by atoms with Gasteiger partial charge in [0.25, 0.3) is 0 Å². The molecule has 0 aliphatic carbocycles. The summed E-state index contributed by atoms with van der Waals surface area (Å²) in [6, 6.07) is 6.50. The maximum Gasteiger partial charge on any atom is 0.122 e. The van der Waals surface area contributed by atoms with Gasteiger partial charge in [0.15, 0.2) is 0 Å². The number of furan rings is 1. The summed E-state index contributed by atoms with van der Waals surface area (Å²) in [4.78, 5) is 2.42. The van der Waals surface area contributed by atoms with Crippen LogP contribution < -0.4 is 5.32 Å². The average Bonchev–Trinajstić information content (AvgIpc) is 3.11. The number of likely N-dealkylation sites (N-methyl/N-ethyl adjacent to an activating group) is 1. The Morgan fingerprint density at radius 3 is 2.74 bits per heavy atom. The minimum atomic E-state index is 0.309. The van der Waals surface area contributed by atoms with E-state index in [1.54, 1.807) is 17.6 Å². The van der Waals surface area contributed by atoms with Gasteiger partial charge in [0.2, 0.25) is 0 Å². The third-order valence-electron chi connectivity index (χ3n) is 3.37. The molecule has 4 heteroatoms. The van der Waals surface area contributed by atoms with Gasteiger partial charge in [-0.25, -0.2) is 0 Å². The SMILES string of the molecule is CCN(CC)C(CNCc1ccsc1)c1ccco1. The van der Waals surface area contributed by atoms with E-state index in [1.807, 2.05) is 6.07 Å². The summed E-state index contributed by atoms with van der Waals surface area (Å²) in [5.41, 5.74) is 1.35. The maximum atomic E-state index is 5.59. The first-order valence-corrected chi connectivity index (χ1v) is 7.78. The quantitative estimate of drug-likeness (QED) is 0.801. The van der Waals surface area contributed by atoms with Crippen LogP contribution in [0.3, 0.4) is 0 Å². The number of nitrogens with zero attached hydrogens (tertiary/aromatic N) is 1. The van der Waals surface area contributed by atoms with Gasteiger partial charge < -0.3 is 9.73 Å². The summed E-state index contributed by atoms with van der Waals surface area (Å²) in [6.07, 6.45) is 1.75. The van der Waals surface area contributed by atoms with Crippen molar-refractivity contribution in [2.45, 2.75) is 26.4 Å². The lowest BCUT2D eigenvalue weighted by atomic mass is 10.2. The molecule has 0 amide bonds. The fourth-order valence-electron chi connectivity index (χ4n) is 2.30. The van der Waals surface area contributed by atoms with E-state index in [-0.39, 0.29) is 0 Å². The number of hydrogen-bond acceptors (Lipinski definition) is 4. The van der Waals surface area contributed by atoms with Crippen LogP contribution in [0.25, 0.3) is 0 Å². The van der Waals surface area contributed by atoms with Crippen LogP contribution in [0.5, 0.6) is 0 Å². The summed E-state index contributed by atoms with van der Waals surface area (Å²) in [6.45, 7) is 8.27. The molecule has 0 fully saturated rings. The summed E-state index contributed by atoms with van der Waals surface area (Å²) >= 11 is 1.74. The van der Waals surface area contributed by atoms with Gasteiger partial charge in [0.05, 0.1) is 12.3 Å². The average molecular weight is 278 g/mol. The highest BCUT2D eigenvalue weighted by Crippen LogP contribution is 2.20. The van der Waals surface area contributed by atoms with Crippen LogP contribution in [0, 0.1) is 0 Å². The first kappa shape index (κ1) is 14.3. The molecule has 0 aliphatic rings. The Morgan fingerprint density at radius 1 is 1.32 bits per heavy atom. The standard InChI is InChI=1S/C15H22N2OS/c1-3-17(4-2)14(15-6-5-8-18-15)11-16-10-13-7-9-19-12-13/h5-9,12,14,16H,3-4,10-11H2,1-2H3. The van der Waals surface area contributed by atoms with Gasteiger partial charge in [-0.1, -0.05) is 13.8 Å². The molecule has 0 saturated heterocycles. The molecule has 0 radical (unpaired) electrons. The lowest BCUT2D eigenvalue weighted by Crippen LogP contribution is -2.35. The van der Waals surface area contributed by atoms with E-state index in [0.717, 1.165) is 31.9 Å². The number of nitrogens with one attached hydrogen (secondary N) is 1. The molecule has 19 heavy (non-hydrogen) atoms. The number of hydrogen-bond donors (Lipinski definition) is 1. The third kappa shape index (κ3) is 3.93. The minimum absolute atomic E-state index is 0.309. The third-order valence-corrected chi connectivity index (χ3v) is 4.10. The second kappa shape index (κ2) is 7.48. The van der Waals surface area contributed by atoms with Crippen molar-refractivity contribution >= 4 is 11.3 Å². The van der Waals surface area contributed by atoms with Gasteiger partial charge in [-0.2, -0.15) is 11.3 Å². The zero-order chi connectivity index (χ0) is 13.5. The normalized spacial score (nSPS) is 13.0. The van der Waals surface area contributed by atoms with E-state index >= 15 is 0 Å². The lowest BCUT2D eigenvalue weighted by molar-refractivity contribution is 0.188. The van der Waals surface area contributed by atoms with Crippen LogP contribution in [-0.2, 0) is 6.54 Å². The Bertz CT molecular complexity index is 435. The summed E-state index contributed by atoms with van der Waals surface area (Å²) in [5.74, 6) is 1.04. The van der Waals surface area contributed by atoms with E-state index in [1.165, 1.54) is 5.56 Å². The van der Waals surface area contributed by atoms with E-state index in [0.29, 0.717) is 6.04 Å². The molecule has 0 bridgehead atoms. The van der Waals surface area contributed by atoms with Crippen LogP contribution in [0.1, 0.15) is 31.2 Å². The van der Waals surface area contributed by atoms with Crippen molar-refractivity contribution < 1.29 is 4.42 Å². The van der Waals surface area contributed by atoms with Crippen molar-refractivity contribution in [3.63, 3.8) is 0 Å². The predicted octanol–water partition coefficient (Wildman–Crippen LogP) is 3.51. The van der Waals surface area contributed by atoms with Gasteiger partial charge in [-0.05, 0) is 47.6 Å². The molecular weight excluding hydrogens is 256 g/mol. The van der Waals surface area contributed by atoms with E-state index < -0.39 is 0 Å². The van der Waals surface area contributed by atoms with E-state index in [2.05, 4.69) is 47.0 Å². The van der Waals surface area contributed by atoms with Crippen molar-refractivity contribution in [3.05, 3.63) is 46.5 Å². The van der Waals surface area contributed by atoms with Gasteiger partial charge in [-0.15, -0.1) is 0 Å². The second-order valence-electron chi connectivity index (χ2n) is 4.51. The van der Waals surface area contributed by atoms with Crippen molar-refractivity contribution in [3.8, 4) is 0 Å². The van der Waals surface area contributed by atoms with Crippen LogP contribution in [-0.4, -0.2) is 24.5 Å². The van der Waals surface area contributed by atoms with Crippen LogP contribution in [0.4, 0.5) is 0 Å². The molecule has 0 saturated carbocycles. The topological polar surface area (TPSA) is 28.4 Å². The highest BCUT2D eigenvalue weighted by molar-refractivity contribution is 7.07. The maximum absolute atomic E-state index is 5.59. The Labute approximate surface area is 119 Å². The Hall–Kier alpha value is -1.10. The Kier molecular flexibility index (Phi) is 5.63. The zero-order valence-corrected chi connectivity index (χ0v) is 12.5. The summed E-state index contributed by atoms with van der Waals surface area (Å²) < 4.78 is 5.59.